The highest BCUT2D eigenvalue weighted by molar-refractivity contribution is 5.40. The van der Waals surface area contributed by atoms with Crippen LogP contribution in [-0.4, -0.2) is 24.6 Å². The molecule has 2 rings (SSSR count). The van der Waals surface area contributed by atoms with Crippen LogP contribution in [0.2, 0.25) is 0 Å². The van der Waals surface area contributed by atoms with Crippen LogP contribution in [0.3, 0.4) is 0 Å². The minimum Gasteiger partial charge on any atom is -0.359 e. The van der Waals surface area contributed by atoms with Crippen molar-refractivity contribution in [1.29, 1.82) is 0 Å². The molecule has 1 aromatic rings. The van der Waals surface area contributed by atoms with Crippen LogP contribution in [0.5, 0.6) is 0 Å². The van der Waals surface area contributed by atoms with Crippen LogP contribution >= 0.6 is 0 Å². The zero-order valence-corrected chi connectivity index (χ0v) is 12.0. The van der Waals surface area contributed by atoms with Crippen LogP contribution in [0.15, 0.2) is 18.3 Å². The first-order valence-electron chi connectivity index (χ1n) is 6.83. The second-order valence-electron chi connectivity index (χ2n) is 6.59. The predicted octanol–water partition coefficient (Wildman–Crippen LogP) is 2.82. The number of rotatable bonds is 5. The Hall–Kier alpha value is -1.09. The average molecular weight is 247 g/mol. The van der Waals surface area contributed by atoms with E-state index in [1.807, 2.05) is 6.20 Å². The van der Waals surface area contributed by atoms with Gasteiger partial charge in [0.25, 0.3) is 0 Å². The summed E-state index contributed by atoms with van der Waals surface area (Å²) < 4.78 is 0. The summed E-state index contributed by atoms with van der Waals surface area (Å²) in [6.07, 6.45) is 4.59. The van der Waals surface area contributed by atoms with Crippen molar-refractivity contribution >= 4 is 5.82 Å². The van der Waals surface area contributed by atoms with E-state index in [9.17, 15) is 0 Å². The van der Waals surface area contributed by atoms with Gasteiger partial charge in [0.2, 0.25) is 0 Å². The van der Waals surface area contributed by atoms with E-state index in [1.54, 1.807) is 0 Å². The number of pyridine rings is 1. The lowest BCUT2D eigenvalue weighted by atomic mass is 9.96. The summed E-state index contributed by atoms with van der Waals surface area (Å²) in [6, 6.07) is 5.05. The Morgan fingerprint density at radius 1 is 1.39 bits per heavy atom. The number of nitrogens with one attached hydrogen (secondary N) is 1. The molecular formula is C15H25N3. The summed E-state index contributed by atoms with van der Waals surface area (Å²) in [7, 11) is 2.12. The van der Waals surface area contributed by atoms with Crippen molar-refractivity contribution in [3.05, 3.63) is 23.9 Å². The zero-order valence-electron chi connectivity index (χ0n) is 12.0. The van der Waals surface area contributed by atoms with Crippen LogP contribution in [0.1, 0.15) is 39.2 Å². The van der Waals surface area contributed by atoms with E-state index in [4.69, 9.17) is 0 Å². The van der Waals surface area contributed by atoms with Gasteiger partial charge in [0.15, 0.2) is 0 Å². The Bertz CT molecular complexity index is 391. The van der Waals surface area contributed by atoms with E-state index >= 15 is 0 Å². The van der Waals surface area contributed by atoms with E-state index in [2.05, 4.69) is 55.2 Å². The second-order valence-corrected chi connectivity index (χ2v) is 6.59. The van der Waals surface area contributed by atoms with E-state index in [0.717, 1.165) is 24.9 Å². The van der Waals surface area contributed by atoms with Gasteiger partial charge in [0.05, 0.1) is 0 Å². The molecule has 1 aliphatic carbocycles. The van der Waals surface area contributed by atoms with Crippen molar-refractivity contribution in [2.24, 2.45) is 5.41 Å². The largest absolute Gasteiger partial charge is 0.359 e. The third kappa shape index (κ3) is 4.30. The Morgan fingerprint density at radius 2 is 2.11 bits per heavy atom. The lowest BCUT2D eigenvalue weighted by Crippen LogP contribution is -2.29. The first kappa shape index (κ1) is 13.3. The molecule has 0 aliphatic heterocycles. The van der Waals surface area contributed by atoms with E-state index in [1.165, 1.54) is 18.4 Å². The van der Waals surface area contributed by atoms with Crippen molar-refractivity contribution in [2.45, 2.75) is 46.2 Å². The SMILES string of the molecule is CN(CC(C)(C)C)c1cc(CNC2CC2)ccn1. The molecule has 0 bridgehead atoms. The van der Waals surface area contributed by atoms with Crippen molar-refractivity contribution < 1.29 is 0 Å². The van der Waals surface area contributed by atoms with Crippen LogP contribution in [-0.2, 0) is 6.54 Å². The molecule has 3 nitrogen and oxygen atoms in total. The summed E-state index contributed by atoms with van der Waals surface area (Å²) in [5.74, 6) is 1.07. The van der Waals surface area contributed by atoms with Crippen LogP contribution in [0.25, 0.3) is 0 Å². The molecule has 0 unspecified atom stereocenters. The number of hydrogen-bond donors (Lipinski definition) is 1. The van der Waals surface area contributed by atoms with Gasteiger partial charge >= 0.3 is 0 Å². The predicted molar refractivity (Wildman–Crippen MR) is 76.8 cm³/mol. The highest BCUT2D eigenvalue weighted by Crippen LogP contribution is 2.21. The lowest BCUT2D eigenvalue weighted by molar-refractivity contribution is 0.418. The van der Waals surface area contributed by atoms with Crippen LogP contribution in [0, 0.1) is 5.41 Å². The first-order chi connectivity index (χ1) is 8.44. The maximum Gasteiger partial charge on any atom is 0.128 e. The second kappa shape index (κ2) is 5.27. The minimum atomic E-state index is 0.290. The molecule has 0 amide bonds. The minimum absolute atomic E-state index is 0.290. The maximum absolute atomic E-state index is 4.46. The van der Waals surface area contributed by atoms with Gasteiger partial charge in [-0.2, -0.15) is 0 Å². The quantitative estimate of drug-likeness (QED) is 0.867. The molecule has 0 atom stereocenters. The molecule has 0 saturated heterocycles. The molecule has 18 heavy (non-hydrogen) atoms. The topological polar surface area (TPSA) is 28.2 Å². The third-order valence-corrected chi connectivity index (χ3v) is 3.08. The highest BCUT2D eigenvalue weighted by Gasteiger charge is 2.20. The lowest BCUT2D eigenvalue weighted by Gasteiger charge is -2.27. The molecule has 0 radical (unpaired) electrons. The van der Waals surface area contributed by atoms with Gasteiger partial charge in [0, 0.05) is 32.4 Å². The summed E-state index contributed by atoms with van der Waals surface area (Å²) in [5, 5.41) is 3.54. The normalized spacial score (nSPS) is 15.8. The molecule has 1 N–H and O–H groups in total. The molecule has 100 valence electrons. The number of anilines is 1. The fraction of sp³-hybridized carbons (Fsp3) is 0.667. The van der Waals surface area contributed by atoms with Crippen molar-refractivity contribution in [2.75, 3.05) is 18.5 Å². The highest BCUT2D eigenvalue weighted by atomic mass is 15.2. The van der Waals surface area contributed by atoms with Gasteiger partial charge in [-0.25, -0.2) is 4.98 Å². The maximum atomic E-state index is 4.46. The van der Waals surface area contributed by atoms with Gasteiger partial charge in [-0.05, 0) is 36.0 Å². The van der Waals surface area contributed by atoms with Gasteiger partial charge < -0.3 is 10.2 Å². The molecule has 0 aromatic carbocycles. The molecule has 1 saturated carbocycles. The van der Waals surface area contributed by atoms with Gasteiger partial charge in [0.1, 0.15) is 5.82 Å². The molecule has 0 spiro atoms. The molecule has 1 heterocycles. The Morgan fingerprint density at radius 3 is 2.72 bits per heavy atom. The molecule has 3 heteroatoms. The van der Waals surface area contributed by atoms with Crippen molar-refractivity contribution in [1.82, 2.24) is 10.3 Å². The Balaban J connectivity index is 1.96. The molecular weight excluding hydrogens is 222 g/mol. The molecule has 1 fully saturated rings. The summed E-state index contributed by atoms with van der Waals surface area (Å²) in [6.45, 7) is 8.73. The molecule has 1 aromatic heterocycles. The monoisotopic (exact) mass is 247 g/mol. The summed E-state index contributed by atoms with van der Waals surface area (Å²) in [4.78, 5) is 6.70. The number of hydrogen-bond acceptors (Lipinski definition) is 3. The van der Waals surface area contributed by atoms with Crippen LogP contribution < -0.4 is 10.2 Å². The zero-order chi connectivity index (χ0) is 13.2. The molecule has 1 aliphatic rings. The van der Waals surface area contributed by atoms with E-state index < -0.39 is 0 Å². The fourth-order valence-electron chi connectivity index (χ4n) is 2.12. The smallest absolute Gasteiger partial charge is 0.128 e. The van der Waals surface area contributed by atoms with Gasteiger partial charge in [-0.3, -0.25) is 0 Å². The van der Waals surface area contributed by atoms with E-state index in [0.29, 0.717) is 5.41 Å². The Kier molecular flexibility index (Phi) is 3.91. The van der Waals surface area contributed by atoms with E-state index in [-0.39, 0.29) is 0 Å². The summed E-state index contributed by atoms with van der Waals surface area (Å²) >= 11 is 0. The third-order valence-electron chi connectivity index (χ3n) is 3.08. The fourth-order valence-corrected chi connectivity index (χ4v) is 2.12. The van der Waals surface area contributed by atoms with Crippen LogP contribution in [0.4, 0.5) is 5.82 Å². The van der Waals surface area contributed by atoms with Gasteiger partial charge in [-0.1, -0.05) is 20.8 Å². The average Bonchev–Trinajstić information content (AvgIpc) is 3.08. The Labute approximate surface area is 111 Å². The standard InChI is InChI=1S/C15H25N3/c1-15(2,3)11-18(4)14-9-12(7-8-16-14)10-17-13-5-6-13/h7-9,13,17H,5-6,10-11H2,1-4H3. The van der Waals surface area contributed by atoms with Gasteiger partial charge in [-0.15, -0.1) is 0 Å². The van der Waals surface area contributed by atoms with Crippen molar-refractivity contribution in [3.8, 4) is 0 Å². The summed E-state index contributed by atoms with van der Waals surface area (Å²) in [5.41, 5.74) is 1.62. The number of nitrogens with zero attached hydrogens (tertiary/aromatic N) is 2. The first-order valence-corrected chi connectivity index (χ1v) is 6.83. The van der Waals surface area contributed by atoms with Crippen molar-refractivity contribution in [3.63, 3.8) is 0 Å². The number of aromatic nitrogens is 1.